The molecule has 3 rings (SSSR count). The van der Waals surface area contributed by atoms with Crippen LogP contribution in [-0.4, -0.2) is 40.8 Å². The largest absolute Gasteiger partial charge is 0.494 e. The van der Waals surface area contributed by atoms with E-state index in [2.05, 4.69) is 19.2 Å². The Kier molecular flexibility index (Phi) is 7.74. The first-order chi connectivity index (χ1) is 14.9. The third-order valence-corrected chi connectivity index (χ3v) is 6.26. The summed E-state index contributed by atoms with van der Waals surface area (Å²) in [5, 5.41) is 14.5. The van der Waals surface area contributed by atoms with E-state index in [9.17, 15) is 9.90 Å². The number of aliphatic hydroxyl groups is 1. The molecule has 0 bridgehead atoms. The van der Waals surface area contributed by atoms with Crippen LogP contribution in [0.4, 0.5) is 0 Å². The van der Waals surface area contributed by atoms with E-state index in [0.717, 1.165) is 35.3 Å². The summed E-state index contributed by atoms with van der Waals surface area (Å²) < 4.78 is 5.82. The molecule has 1 aliphatic rings. The van der Waals surface area contributed by atoms with Crippen molar-refractivity contribution < 1.29 is 14.6 Å². The zero-order chi connectivity index (χ0) is 22.4. The number of fused-ring (bicyclic) bond motifs is 1. The van der Waals surface area contributed by atoms with Crippen LogP contribution in [0.25, 0.3) is 0 Å². The van der Waals surface area contributed by atoms with Gasteiger partial charge in [-0.2, -0.15) is 0 Å². The van der Waals surface area contributed by atoms with E-state index < -0.39 is 11.8 Å². The van der Waals surface area contributed by atoms with Gasteiger partial charge < -0.3 is 14.7 Å². The lowest BCUT2D eigenvalue weighted by Crippen LogP contribution is -2.60. The van der Waals surface area contributed by atoms with Gasteiger partial charge in [0.15, 0.2) is 0 Å². The van der Waals surface area contributed by atoms with Crippen molar-refractivity contribution in [2.45, 2.75) is 65.3 Å². The minimum atomic E-state index is -0.830. The Hall–Kier alpha value is -2.37. The second-order valence-electron chi connectivity index (χ2n) is 8.99. The molecule has 2 unspecified atom stereocenters. The van der Waals surface area contributed by atoms with Gasteiger partial charge in [-0.25, -0.2) is 0 Å². The van der Waals surface area contributed by atoms with Crippen molar-refractivity contribution >= 4 is 5.91 Å². The van der Waals surface area contributed by atoms with Gasteiger partial charge in [-0.3, -0.25) is 10.1 Å². The maximum Gasteiger partial charge on any atom is 0.255 e. The van der Waals surface area contributed by atoms with Crippen LogP contribution in [0.2, 0.25) is 0 Å². The number of ether oxygens (including phenoxy) is 1. The van der Waals surface area contributed by atoms with Crippen LogP contribution in [0, 0.1) is 5.92 Å². The molecule has 1 aliphatic heterocycles. The van der Waals surface area contributed by atoms with Crippen LogP contribution in [-0.2, 0) is 13.0 Å². The SMILES string of the molecule is CCOc1ccccc1CN1C(=O)c2ccccc2CCC1(C)C(O)NCCC(C)C. The Labute approximate surface area is 186 Å². The first kappa shape index (κ1) is 23.3. The highest BCUT2D eigenvalue weighted by molar-refractivity contribution is 5.96. The molecular formula is C26H36N2O3. The topological polar surface area (TPSA) is 61.8 Å². The first-order valence-corrected chi connectivity index (χ1v) is 11.4. The highest BCUT2D eigenvalue weighted by atomic mass is 16.5. The van der Waals surface area contributed by atoms with Crippen LogP contribution in [0.3, 0.4) is 0 Å². The lowest BCUT2D eigenvalue weighted by molar-refractivity contribution is -0.0352. The van der Waals surface area contributed by atoms with Crippen molar-refractivity contribution in [1.29, 1.82) is 0 Å². The summed E-state index contributed by atoms with van der Waals surface area (Å²) in [4.78, 5) is 15.6. The van der Waals surface area contributed by atoms with Crippen LogP contribution in [0.1, 0.15) is 62.0 Å². The predicted octanol–water partition coefficient (Wildman–Crippen LogP) is 4.39. The smallest absolute Gasteiger partial charge is 0.255 e. The molecular weight excluding hydrogens is 388 g/mol. The minimum absolute atomic E-state index is 0.0494. The van der Waals surface area contributed by atoms with Gasteiger partial charge in [0.25, 0.3) is 5.91 Å². The van der Waals surface area contributed by atoms with Gasteiger partial charge in [0.05, 0.1) is 18.7 Å². The van der Waals surface area contributed by atoms with E-state index >= 15 is 0 Å². The third kappa shape index (κ3) is 5.28. The third-order valence-electron chi connectivity index (χ3n) is 6.26. The van der Waals surface area contributed by atoms with Gasteiger partial charge in [0.2, 0.25) is 0 Å². The fraction of sp³-hybridized carbons (Fsp3) is 0.500. The molecule has 0 saturated heterocycles. The van der Waals surface area contributed by atoms with Crippen molar-refractivity contribution in [3.63, 3.8) is 0 Å². The summed E-state index contributed by atoms with van der Waals surface area (Å²) >= 11 is 0. The molecule has 31 heavy (non-hydrogen) atoms. The standard InChI is InChI=1S/C26H36N2O3/c1-5-31-23-13-9-7-11-21(23)18-28-24(29)22-12-8-6-10-20(22)14-16-26(28,4)25(30)27-17-15-19(2)3/h6-13,19,25,27,30H,5,14-18H2,1-4H3. The van der Waals surface area contributed by atoms with Gasteiger partial charge in [0, 0.05) is 11.1 Å². The number of hydrogen-bond donors (Lipinski definition) is 2. The average Bonchev–Trinajstić information content (AvgIpc) is 2.86. The number of hydrogen-bond acceptors (Lipinski definition) is 4. The number of rotatable bonds is 9. The van der Waals surface area contributed by atoms with Crippen molar-refractivity contribution in [3.8, 4) is 5.75 Å². The van der Waals surface area contributed by atoms with Gasteiger partial charge >= 0.3 is 0 Å². The second-order valence-corrected chi connectivity index (χ2v) is 8.99. The molecule has 0 spiro atoms. The summed E-state index contributed by atoms with van der Waals surface area (Å²) in [5.41, 5.74) is 1.94. The lowest BCUT2D eigenvalue weighted by Gasteiger charge is -2.44. The van der Waals surface area contributed by atoms with Crippen LogP contribution < -0.4 is 10.1 Å². The maximum atomic E-state index is 13.8. The monoisotopic (exact) mass is 424 g/mol. The molecule has 0 radical (unpaired) electrons. The molecule has 5 nitrogen and oxygen atoms in total. The van der Waals surface area contributed by atoms with Gasteiger partial charge in [0.1, 0.15) is 12.0 Å². The van der Waals surface area contributed by atoms with Crippen molar-refractivity contribution in [2.75, 3.05) is 13.2 Å². The zero-order valence-electron chi connectivity index (χ0n) is 19.2. The van der Waals surface area contributed by atoms with E-state index in [1.54, 1.807) is 0 Å². The Bertz CT molecular complexity index is 882. The van der Waals surface area contributed by atoms with Gasteiger partial charge in [-0.1, -0.05) is 50.2 Å². The van der Waals surface area contributed by atoms with Crippen LogP contribution >= 0.6 is 0 Å². The fourth-order valence-corrected chi connectivity index (χ4v) is 4.21. The molecule has 0 aromatic heterocycles. The summed E-state index contributed by atoms with van der Waals surface area (Å²) in [5.74, 6) is 1.27. The van der Waals surface area contributed by atoms with E-state index in [1.165, 1.54) is 0 Å². The van der Waals surface area contributed by atoms with Crippen LogP contribution in [0.5, 0.6) is 5.75 Å². The number of carbonyl (C=O) groups excluding carboxylic acids is 1. The highest BCUT2D eigenvalue weighted by Crippen LogP contribution is 2.34. The number of aliphatic hydroxyl groups excluding tert-OH is 1. The van der Waals surface area contributed by atoms with E-state index in [0.29, 0.717) is 32.0 Å². The molecule has 1 heterocycles. The van der Waals surface area contributed by atoms with Crippen molar-refractivity contribution in [2.24, 2.45) is 5.92 Å². The zero-order valence-corrected chi connectivity index (χ0v) is 19.2. The number of carbonyl (C=O) groups is 1. The molecule has 1 amide bonds. The van der Waals surface area contributed by atoms with E-state index in [1.807, 2.05) is 67.3 Å². The van der Waals surface area contributed by atoms with E-state index in [-0.39, 0.29) is 5.91 Å². The molecule has 2 N–H and O–H groups in total. The fourth-order valence-electron chi connectivity index (χ4n) is 4.21. The Balaban J connectivity index is 1.97. The molecule has 2 aromatic carbocycles. The minimum Gasteiger partial charge on any atom is -0.494 e. The number of benzene rings is 2. The van der Waals surface area contributed by atoms with E-state index in [4.69, 9.17) is 4.74 Å². The molecule has 2 aromatic rings. The Morgan fingerprint density at radius 3 is 2.61 bits per heavy atom. The highest BCUT2D eigenvalue weighted by Gasteiger charge is 2.44. The van der Waals surface area contributed by atoms with Crippen molar-refractivity contribution in [1.82, 2.24) is 10.2 Å². The molecule has 2 atom stereocenters. The van der Waals surface area contributed by atoms with Crippen LogP contribution in [0.15, 0.2) is 48.5 Å². The first-order valence-electron chi connectivity index (χ1n) is 11.4. The lowest BCUT2D eigenvalue weighted by atomic mass is 9.90. The van der Waals surface area contributed by atoms with Gasteiger partial charge in [-0.05, 0) is 63.3 Å². The molecule has 168 valence electrons. The van der Waals surface area contributed by atoms with Crippen molar-refractivity contribution in [3.05, 3.63) is 65.2 Å². The molecule has 5 heteroatoms. The van der Waals surface area contributed by atoms with Gasteiger partial charge in [-0.15, -0.1) is 0 Å². The number of para-hydroxylation sites is 1. The Morgan fingerprint density at radius 2 is 1.87 bits per heavy atom. The Morgan fingerprint density at radius 1 is 1.16 bits per heavy atom. The molecule has 0 fully saturated rings. The number of nitrogens with one attached hydrogen (secondary N) is 1. The summed E-state index contributed by atoms with van der Waals surface area (Å²) in [6, 6.07) is 15.6. The summed E-state index contributed by atoms with van der Waals surface area (Å²) in [7, 11) is 0. The normalized spacial score (nSPS) is 19.8. The number of nitrogens with zero attached hydrogens (tertiary/aromatic N) is 1. The molecule has 0 saturated carbocycles. The maximum absolute atomic E-state index is 13.8. The second kappa shape index (κ2) is 10.3. The number of amides is 1. The summed E-state index contributed by atoms with van der Waals surface area (Å²) in [6.45, 7) is 9.92. The number of aryl methyl sites for hydroxylation is 1. The molecule has 0 aliphatic carbocycles. The predicted molar refractivity (Wildman–Crippen MR) is 124 cm³/mol. The average molecular weight is 425 g/mol. The summed E-state index contributed by atoms with van der Waals surface area (Å²) in [6.07, 6.45) is 1.55. The quantitative estimate of drug-likeness (QED) is 0.586.